The summed E-state index contributed by atoms with van der Waals surface area (Å²) < 4.78 is 14.8. The molecular weight excluding hydrogens is 146 g/mol. The Kier molecular flexibility index (Phi) is 4.73. The quantitative estimate of drug-likeness (QED) is 0.459. The summed E-state index contributed by atoms with van der Waals surface area (Å²) in [4.78, 5) is 0. The molecule has 0 aliphatic carbocycles. The summed E-state index contributed by atoms with van der Waals surface area (Å²) >= 11 is -1.02. The van der Waals surface area contributed by atoms with Crippen molar-refractivity contribution >= 4 is 17.6 Å². The van der Waals surface area contributed by atoms with E-state index in [0.29, 0.717) is 5.92 Å². The Balaban J connectivity index is 3.66. The molecule has 1 atom stereocenters. The summed E-state index contributed by atoms with van der Waals surface area (Å²) in [6, 6.07) is 0. The predicted octanol–water partition coefficient (Wildman–Crippen LogP) is 1.79. The summed E-state index contributed by atoms with van der Waals surface area (Å²) in [7, 11) is 0. The fourth-order valence-corrected chi connectivity index (χ4v) is 0.910. The zero-order valence-electron chi connectivity index (χ0n) is 7.00. The Bertz CT molecular complexity index is 112. The fourth-order valence-electron chi connectivity index (χ4n) is 0.303. The van der Waals surface area contributed by atoms with Crippen molar-refractivity contribution in [3.8, 4) is 0 Å². The molecule has 0 aromatic rings. The van der Waals surface area contributed by atoms with Crippen LogP contribution in [0.2, 0.25) is 0 Å². The van der Waals surface area contributed by atoms with Gasteiger partial charge >= 0.3 is 0 Å². The SMILES string of the molecule is CC(C)C=N[S@+]([O-])C(C)C. The third kappa shape index (κ3) is 4.82. The molecule has 0 unspecified atom stereocenters. The number of nitrogens with zero attached hydrogens (tertiary/aromatic N) is 1. The van der Waals surface area contributed by atoms with Crippen LogP contribution in [0, 0.1) is 5.92 Å². The third-order valence-electron chi connectivity index (χ3n) is 0.866. The monoisotopic (exact) mass is 161 g/mol. The predicted molar refractivity (Wildman–Crippen MR) is 46.6 cm³/mol. The summed E-state index contributed by atoms with van der Waals surface area (Å²) in [6.07, 6.45) is 1.73. The molecule has 2 nitrogen and oxygen atoms in total. The van der Waals surface area contributed by atoms with Gasteiger partial charge in [0.1, 0.15) is 5.25 Å². The van der Waals surface area contributed by atoms with Gasteiger partial charge in [0, 0.05) is 0 Å². The largest absolute Gasteiger partial charge is 0.591 e. The van der Waals surface area contributed by atoms with Gasteiger partial charge in [-0.05, 0) is 19.8 Å². The lowest BCUT2D eigenvalue weighted by atomic mass is 10.3. The van der Waals surface area contributed by atoms with Crippen molar-refractivity contribution in [3.63, 3.8) is 0 Å². The van der Waals surface area contributed by atoms with Crippen LogP contribution in [-0.2, 0) is 11.4 Å². The maximum Gasteiger partial charge on any atom is 0.137 e. The number of hydrogen-bond acceptors (Lipinski definition) is 2. The second-order valence-corrected chi connectivity index (χ2v) is 4.53. The van der Waals surface area contributed by atoms with Gasteiger partial charge in [0.2, 0.25) is 0 Å². The molecule has 0 aliphatic rings. The lowest BCUT2D eigenvalue weighted by Gasteiger charge is -2.05. The van der Waals surface area contributed by atoms with E-state index in [1.54, 1.807) is 6.21 Å². The Morgan fingerprint density at radius 1 is 1.30 bits per heavy atom. The molecule has 0 saturated heterocycles. The molecule has 0 N–H and O–H groups in total. The zero-order valence-corrected chi connectivity index (χ0v) is 7.81. The average molecular weight is 161 g/mol. The second-order valence-electron chi connectivity index (χ2n) is 2.82. The minimum atomic E-state index is -1.02. The van der Waals surface area contributed by atoms with Crippen molar-refractivity contribution in [1.29, 1.82) is 0 Å². The van der Waals surface area contributed by atoms with E-state index in [0.717, 1.165) is 0 Å². The highest BCUT2D eigenvalue weighted by molar-refractivity contribution is 7.90. The highest BCUT2D eigenvalue weighted by Crippen LogP contribution is 2.01. The Morgan fingerprint density at radius 2 is 1.80 bits per heavy atom. The van der Waals surface area contributed by atoms with Crippen molar-refractivity contribution in [2.24, 2.45) is 10.3 Å². The molecule has 0 heterocycles. The Hall–Kier alpha value is -0.0200. The smallest absolute Gasteiger partial charge is 0.137 e. The van der Waals surface area contributed by atoms with Crippen LogP contribution < -0.4 is 0 Å². The molecular formula is C7H15NOS. The van der Waals surface area contributed by atoms with Gasteiger partial charge in [-0.1, -0.05) is 18.2 Å². The van der Waals surface area contributed by atoms with Gasteiger partial charge in [0.05, 0.1) is 17.6 Å². The summed E-state index contributed by atoms with van der Waals surface area (Å²) in [5.41, 5.74) is 0. The lowest BCUT2D eigenvalue weighted by molar-refractivity contribution is 0.588. The van der Waals surface area contributed by atoms with Gasteiger partial charge in [-0.3, -0.25) is 0 Å². The van der Waals surface area contributed by atoms with Crippen LogP contribution in [0.5, 0.6) is 0 Å². The second kappa shape index (κ2) is 4.74. The van der Waals surface area contributed by atoms with Crippen molar-refractivity contribution in [2.75, 3.05) is 0 Å². The van der Waals surface area contributed by atoms with Gasteiger partial charge in [-0.15, -0.1) is 0 Å². The van der Waals surface area contributed by atoms with Crippen molar-refractivity contribution in [3.05, 3.63) is 0 Å². The zero-order chi connectivity index (χ0) is 8.15. The average Bonchev–Trinajstić information content (AvgIpc) is 1.82. The molecule has 0 aromatic heterocycles. The first-order valence-electron chi connectivity index (χ1n) is 3.49. The first-order valence-corrected chi connectivity index (χ1v) is 4.66. The Morgan fingerprint density at radius 3 is 2.10 bits per heavy atom. The van der Waals surface area contributed by atoms with Crippen LogP contribution >= 0.6 is 0 Å². The summed E-state index contributed by atoms with van der Waals surface area (Å²) in [5, 5.41) is 0.134. The van der Waals surface area contributed by atoms with Crippen LogP contribution in [0.1, 0.15) is 27.7 Å². The standard InChI is InChI=1S/C7H15NOS/c1-6(2)5-8-10(9)7(3)4/h5-7H,1-4H3/t10-/m1/s1. The molecule has 0 bridgehead atoms. The van der Waals surface area contributed by atoms with E-state index < -0.39 is 11.4 Å². The maximum atomic E-state index is 11.0. The van der Waals surface area contributed by atoms with E-state index in [4.69, 9.17) is 0 Å². The van der Waals surface area contributed by atoms with E-state index in [-0.39, 0.29) is 5.25 Å². The third-order valence-corrected chi connectivity index (χ3v) is 2.00. The number of hydrogen-bond donors (Lipinski definition) is 0. The summed E-state index contributed by atoms with van der Waals surface area (Å²) in [5.74, 6) is 0.391. The van der Waals surface area contributed by atoms with Gasteiger partial charge < -0.3 is 4.55 Å². The molecule has 0 aliphatic heterocycles. The van der Waals surface area contributed by atoms with Gasteiger partial charge in [0.15, 0.2) is 0 Å². The van der Waals surface area contributed by atoms with Crippen LogP contribution in [0.25, 0.3) is 0 Å². The van der Waals surface area contributed by atoms with Crippen LogP contribution in [0.4, 0.5) is 0 Å². The van der Waals surface area contributed by atoms with Gasteiger partial charge in [0.25, 0.3) is 0 Å². The normalized spacial score (nSPS) is 15.5. The topological polar surface area (TPSA) is 35.4 Å². The van der Waals surface area contributed by atoms with Gasteiger partial charge in [-0.2, -0.15) is 0 Å². The maximum absolute atomic E-state index is 11.0. The molecule has 10 heavy (non-hydrogen) atoms. The molecule has 0 radical (unpaired) electrons. The first kappa shape index (κ1) is 9.98. The lowest BCUT2D eigenvalue weighted by Crippen LogP contribution is -2.11. The van der Waals surface area contributed by atoms with E-state index >= 15 is 0 Å². The minimum Gasteiger partial charge on any atom is -0.591 e. The molecule has 0 fully saturated rings. The first-order chi connectivity index (χ1) is 4.54. The van der Waals surface area contributed by atoms with Crippen molar-refractivity contribution in [2.45, 2.75) is 32.9 Å². The molecule has 60 valence electrons. The fraction of sp³-hybridized carbons (Fsp3) is 0.857. The molecule has 0 spiro atoms. The molecule has 0 aromatic carbocycles. The Labute approximate surface area is 66.1 Å². The molecule has 0 rings (SSSR count). The van der Waals surface area contributed by atoms with Crippen molar-refractivity contribution in [1.82, 2.24) is 0 Å². The van der Waals surface area contributed by atoms with Crippen LogP contribution in [0.3, 0.4) is 0 Å². The van der Waals surface area contributed by atoms with Crippen LogP contribution in [-0.4, -0.2) is 16.0 Å². The van der Waals surface area contributed by atoms with Crippen LogP contribution in [0.15, 0.2) is 4.40 Å². The summed E-state index contributed by atoms with van der Waals surface area (Å²) in [6.45, 7) is 7.82. The van der Waals surface area contributed by atoms with E-state index in [1.807, 2.05) is 27.7 Å². The van der Waals surface area contributed by atoms with E-state index in [1.165, 1.54) is 0 Å². The van der Waals surface area contributed by atoms with Gasteiger partial charge in [-0.25, -0.2) is 0 Å². The van der Waals surface area contributed by atoms with E-state index in [2.05, 4.69) is 4.40 Å². The molecule has 3 heteroatoms. The highest BCUT2D eigenvalue weighted by atomic mass is 32.2. The highest BCUT2D eigenvalue weighted by Gasteiger charge is 2.08. The molecule has 0 saturated carbocycles. The molecule has 0 amide bonds. The van der Waals surface area contributed by atoms with E-state index in [9.17, 15) is 4.55 Å². The minimum absolute atomic E-state index is 0.134. The van der Waals surface area contributed by atoms with Crippen molar-refractivity contribution < 1.29 is 4.55 Å². The number of rotatable bonds is 3.